The van der Waals surface area contributed by atoms with Gasteiger partial charge in [0.05, 0.1) is 0 Å². The predicted molar refractivity (Wildman–Crippen MR) is 132 cm³/mol. The Morgan fingerprint density at radius 3 is 2.03 bits per heavy atom. The molecule has 5 atom stereocenters. The molecule has 0 unspecified atom stereocenters. The molecule has 2 rings (SSSR count). The van der Waals surface area contributed by atoms with Crippen molar-refractivity contribution in [3.05, 3.63) is 36.0 Å². The molecule has 0 aliphatic rings. The lowest BCUT2D eigenvalue weighted by molar-refractivity contribution is -0.137. The van der Waals surface area contributed by atoms with Crippen LogP contribution in [0.3, 0.4) is 0 Å². The van der Waals surface area contributed by atoms with E-state index in [-0.39, 0.29) is 24.2 Å². The molecule has 0 saturated carbocycles. The minimum atomic E-state index is -1.07. The summed E-state index contributed by atoms with van der Waals surface area (Å²) in [6.07, 6.45) is 3.13. The average molecular weight is 488 g/mol. The SMILES string of the molecule is CC[C@H](C)[C@H](NC(C)=O)C(=O)N[C@H](C(=O)N[C@@H](Cc1c[nH]c2ccccc12)C(=O)NO)[C@@H](C)CC. The maximum absolute atomic E-state index is 13.3. The normalized spacial score (nSPS) is 15.4. The van der Waals surface area contributed by atoms with E-state index in [9.17, 15) is 24.4 Å². The van der Waals surface area contributed by atoms with Crippen LogP contribution in [0.5, 0.6) is 0 Å². The van der Waals surface area contributed by atoms with Gasteiger partial charge < -0.3 is 20.9 Å². The molecule has 0 spiro atoms. The summed E-state index contributed by atoms with van der Waals surface area (Å²) < 4.78 is 0. The highest BCUT2D eigenvalue weighted by Gasteiger charge is 2.33. The van der Waals surface area contributed by atoms with E-state index >= 15 is 0 Å². The summed E-state index contributed by atoms with van der Waals surface area (Å²) in [5.41, 5.74) is 3.30. The zero-order valence-corrected chi connectivity index (χ0v) is 21.0. The molecule has 1 aromatic heterocycles. The highest BCUT2D eigenvalue weighted by molar-refractivity contribution is 5.94. The highest BCUT2D eigenvalue weighted by Crippen LogP contribution is 2.19. The topological polar surface area (TPSA) is 152 Å². The Labute approximate surface area is 205 Å². The van der Waals surface area contributed by atoms with Crippen molar-refractivity contribution in [3.63, 3.8) is 0 Å². The Morgan fingerprint density at radius 2 is 1.46 bits per heavy atom. The number of carbonyl (C=O) groups excluding carboxylic acids is 4. The molecule has 6 N–H and O–H groups in total. The van der Waals surface area contributed by atoms with E-state index in [1.807, 2.05) is 52.0 Å². The van der Waals surface area contributed by atoms with Crippen molar-refractivity contribution >= 4 is 34.5 Å². The smallest absolute Gasteiger partial charge is 0.266 e. The van der Waals surface area contributed by atoms with Gasteiger partial charge in [0.25, 0.3) is 5.91 Å². The number of rotatable bonds is 12. The van der Waals surface area contributed by atoms with Crippen molar-refractivity contribution in [1.29, 1.82) is 0 Å². The van der Waals surface area contributed by atoms with Crippen LogP contribution in [-0.4, -0.2) is 51.9 Å². The second-order valence-electron chi connectivity index (χ2n) is 9.04. The molecule has 192 valence electrons. The van der Waals surface area contributed by atoms with Crippen molar-refractivity contribution in [2.75, 3.05) is 0 Å². The summed E-state index contributed by atoms with van der Waals surface area (Å²) in [6, 6.07) is 4.75. The quantitative estimate of drug-likeness (QED) is 0.199. The second-order valence-corrected chi connectivity index (χ2v) is 9.04. The molecule has 0 aliphatic heterocycles. The number of hydrogen-bond acceptors (Lipinski definition) is 5. The molecular formula is C25H37N5O5. The van der Waals surface area contributed by atoms with Crippen LogP contribution in [0.15, 0.2) is 30.5 Å². The largest absolute Gasteiger partial charge is 0.361 e. The van der Waals surface area contributed by atoms with E-state index in [0.717, 1.165) is 16.5 Å². The van der Waals surface area contributed by atoms with E-state index in [2.05, 4.69) is 20.9 Å². The van der Waals surface area contributed by atoms with Gasteiger partial charge >= 0.3 is 0 Å². The van der Waals surface area contributed by atoms with Gasteiger partial charge in [-0.25, -0.2) is 5.48 Å². The number of benzene rings is 1. The maximum atomic E-state index is 13.3. The maximum Gasteiger partial charge on any atom is 0.266 e. The van der Waals surface area contributed by atoms with Crippen molar-refractivity contribution in [1.82, 2.24) is 26.4 Å². The first-order valence-corrected chi connectivity index (χ1v) is 12.0. The lowest BCUT2D eigenvalue weighted by atomic mass is 9.94. The van der Waals surface area contributed by atoms with Crippen molar-refractivity contribution in [2.24, 2.45) is 11.8 Å². The van der Waals surface area contributed by atoms with Crippen LogP contribution in [-0.2, 0) is 25.6 Å². The Morgan fingerprint density at radius 1 is 0.886 bits per heavy atom. The predicted octanol–water partition coefficient (Wildman–Crippen LogP) is 1.78. The number of H-pyrrole nitrogens is 1. The zero-order chi connectivity index (χ0) is 26.1. The number of aromatic nitrogens is 1. The van der Waals surface area contributed by atoms with Crippen molar-refractivity contribution in [2.45, 2.75) is 72.0 Å². The van der Waals surface area contributed by atoms with Gasteiger partial charge in [-0.3, -0.25) is 24.4 Å². The third kappa shape index (κ3) is 7.29. The van der Waals surface area contributed by atoms with Crippen LogP contribution in [0.25, 0.3) is 10.9 Å². The van der Waals surface area contributed by atoms with Gasteiger partial charge in [-0.05, 0) is 23.5 Å². The molecule has 2 aromatic rings. The van der Waals surface area contributed by atoms with Crippen LogP contribution in [0, 0.1) is 11.8 Å². The van der Waals surface area contributed by atoms with Crippen LogP contribution >= 0.6 is 0 Å². The molecule has 10 nitrogen and oxygen atoms in total. The monoisotopic (exact) mass is 487 g/mol. The average Bonchev–Trinajstić information content (AvgIpc) is 3.26. The number of fused-ring (bicyclic) bond motifs is 1. The van der Waals surface area contributed by atoms with Crippen molar-refractivity contribution in [3.8, 4) is 0 Å². The molecule has 1 aromatic carbocycles. The molecule has 0 radical (unpaired) electrons. The zero-order valence-electron chi connectivity index (χ0n) is 21.0. The summed E-state index contributed by atoms with van der Waals surface area (Å²) in [5, 5.41) is 18.3. The van der Waals surface area contributed by atoms with Gasteiger partial charge in [0.2, 0.25) is 17.7 Å². The number of aromatic amines is 1. The number of nitrogens with one attached hydrogen (secondary N) is 5. The van der Waals surface area contributed by atoms with Gasteiger partial charge in [0.15, 0.2) is 0 Å². The van der Waals surface area contributed by atoms with E-state index < -0.39 is 35.8 Å². The Bertz CT molecular complexity index is 1040. The van der Waals surface area contributed by atoms with Gasteiger partial charge in [0, 0.05) is 30.4 Å². The van der Waals surface area contributed by atoms with E-state index in [1.54, 1.807) is 11.7 Å². The van der Waals surface area contributed by atoms with E-state index in [1.165, 1.54) is 6.92 Å². The summed E-state index contributed by atoms with van der Waals surface area (Å²) in [4.78, 5) is 53.6. The fourth-order valence-corrected chi connectivity index (χ4v) is 3.93. The van der Waals surface area contributed by atoms with Crippen molar-refractivity contribution < 1.29 is 24.4 Å². The fraction of sp³-hybridized carbons (Fsp3) is 0.520. The van der Waals surface area contributed by atoms with Gasteiger partial charge in [0.1, 0.15) is 18.1 Å². The number of hydroxylamine groups is 1. The van der Waals surface area contributed by atoms with Gasteiger partial charge in [-0.1, -0.05) is 58.7 Å². The second kappa shape index (κ2) is 12.9. The number of para-hydroxylation sites is 1. The molecule has 35 heavy (non-hydrogen) atoms. The third-order valence-electron chi connectivity index (χ3n) is 6.49. The first kappa shape index (κ1) is 27.8. The molecule has 0 saturated heterocycles. The molecule has 0 aliphatic carbocycles. The van der Waals surface area contributed by atoms with Crippen LogP contribution in [0.2, 0.25) is 0 Å². The molecule has 4 amide bonds. The summed E-state index contributed by atoms with van der Waals surface area (Å²) >= 11 is 0. The summed E-state index contributed by atoms with van der Waals surface area (Å²) in [6.45, 7) is 8.81. The molecule has 0 bridgehead atoms. The first-order valence-electron chi connectivity index (χ1n) is 12.0. The summed E-state index contributed by atoms with van der Waals surface area (Å²) in [7, 11) is 0. The Hall–Kier alpha value is -3.40. The van der Waals surface area contributed by atoms with Crippen LogP contribution in [0.4, 0.5) is 0 Å². The lowest BCUT2D eigenvalue weighted by Gasteiger charge is -2.29. The van der Waals surface area contributed by atoms with Crippen LogP contribution in [0.1, 0.15) is 53.0 Å². The standard InChI is InChI=1S/C25H37N5O5/c1-6-14(3)21(27-16(5)31)25(34)29-22(15(4)7-2)24(33)28-20(23(32)30-35)12-17-13-26-19-11-9-8-10-18(17)19/h8-11,13-15,20-22,26,35H,6-7,12H2,1-5H3,(H,27,31)(H,28,33)(H,29,34)(H,30,32)/t14-,15-,20-,21-,22-/m0/s1. The van der Waals surface area contributed by atoms with E-state index in [4.69, 9.17) is 0 Å². The highest BCUT2D eigenvalue weighted by atomic mass is 16.5. The molecular weight excluding hydrogens is 450 g/mol. The third-order valence-corrected chi connectivity index (χ3v) is 6.49. The first-order chi connectivity index (χ1) is 16.6. The van der Waals surface area contributed by atoms with Crippen LogP contribution < -0.4 is 21.4 Å². The number of amides is 4. The Balaban J connectivity index is 2.24. The fourth-order valence-electron chi connectivity index (χ4n) is 3.93. The minimum absolute atomic E-state index is 0.130. The Kier molecular flexibility index (Phi) is 10.3. The number of hydrogen-bond donors (Lipinski definition) is 6. The number of carbonyl (C=O) groups is 4. The van der Waals surface area contributed by atoms with Gasteiger partial charge in [-0.15, -0.1) is 0 Å². The van der Waals surface area contributed by atoms with Gasteiger partial charge in [-0.2, -0.15) is 0 Å². The molecule has 10 heteroatoms. The minimum Gasteiger partial charge on any atom is -0.361 e. The van der Waals surface area contributed by atoms with E-state index in [0.29, 0.717) is 12.8 Å². The molecule has 1 heterocycles. The molecule has 0 fully saturated rings. The lowest BCUT2D eigenvalue weighted by Crippen LogP contribution is -2.59. The summed E-state index contributed by atoms with van der Waals surface area (Å²) in [5.74, 6) is -2.52.